The normalized spacial score (nSPS) is 22.6. The molecule has 0 aromatic heterocycles. The topological polar surface area (TPSA) is 0 Å². The molecule has 0 N–H and O–H groups in total. The minimum Gasteiger partial charge on any atom is -0.0654 e. The van der Waals surface area contributed by atoms with Crippen molar-refractivity contribution in [3.8, 4) is 0 Å². The maximum Gasteiger partial charge on any atom is -0.0241 e. The molecule has 11 heavy (non-hydrogen) atoms. The van der Waals surface area contributed by atoms with E-state index in [9.17, 15) is 0 Å². The molecule has 0 spiro atoms. The van der Waals surface area contributed by atoms with Gasteiger partial charge in [-0.15, -0.1) is 0 Å². The van der Waals surface area contributed by atoms with E-state index in [1.54, 1.807) is 0 Å². The Labute approximate surface area is 71.4 Å². The van der Waals surface area contributed by atoms with Crippen LogP contribution in [0.2, 0.25) is 0 Å². The van der Waals surface area contributed by atoms with Crippen molar-refractivity contribution >= 4 is 0 Å². The lowest BCUT2D eigenvalue weighted by Gasteiger charge is -2.17. The zero-order chi connectivity index (χ0) is 7.94. The second kappa shape index (κ2) is 5.62. The monoisotopic (exact) mass is 153 g/mol. The summed E-state index contributed by atoms with van der Waals surface area (Å²) in [6.07, 6.45) is 13.0. The van der Waals surface area contributed by atoms with Crippen LogP contribution in [-0.2, 0) is 0 Å². The van der Waals surface area contributed by atoms with Crippen LogP contribution in [0.4, 0.5) is 0 Å². The van der Waals surface area contributed by atoms with Gasteiger partial charge in [0.05, 0.1) is 0 Å². The maximum absolute atomic E-state index is 2.30. The van der Waals surface area contributed by atoms with Gasteiger partial charge in [0.1, 0.15) is 0 Å². The van der Waals surface area contributed by atoms with E-state index >= 15 is 0 Å². The molecular formula is C11H21. The fraction of sp³-hybridized carbons (Fsp3) is 0.909. The first kappa shape index (κ1) is 9.09. The van der Waals surface area contributed by atoms with Crippen LogP contribution in [0, 0.1) is 5.92 Å². The molecule has 0 heterocycles. The minimum absolute atomic E-state index is 1.36. The molecule has 0 heteroatoms. The lowest BCUT2D eigenvalue weighted by Crippen LogP contribution is -2.00. The molecule has 0 atom stereocenters. The second-order valence-corrected chi connectivity index (χ2v) is 3.77. The molecule has 0 nitrogen and oxygen atoms in total. The molecule has 1 fully saturated rings. The van der Waals surface area contributed by atoms with Gasteiger partial charge >= 0.3 is 0 Å². The third-order valence-corrected chi connectivity index (χ3v) is 2.66. The summed E-state index contributed by atoms with van der Waals surface area (Å²) in [7, 11) is 0. The smallest absolute Gasteiger partial charge is 0.0241 e. The standard InChI is InChI=1S/C11H21/c1-2-8-11-9-6-4-3-5-7-10-11/h2-10H2,1H3. The van der Waals surface area contributed by atoms with E-state index in [4.69, 9.17) is 0 Å². The molecule has 65 valence electrons. The lowest BCUT2D eigenvalue weighted by molar-refractivity contribution is 0.503. The van der Waals surface area contributed by atoms with E-state index in [0.29, 0.717) is 0 Å². The predicted molar refractivity (Wildman–Crippen MR) is 50.5 cm³/mol. The number of hydrogen-bond acceptors (Lipinski definition) is 0. The highest BCUT2D eigenvalue weighted by molar-refractivity contribution is 4.89. The lowest BCUT2D eigenvalue weighted by atomic mass is 9.88. The fourth-order valence-corrected chi connectivity index (χ4v) is 2.01. The highest BCUT2D eigenvalue weighted by Gasteiger charge is 2.09. The SMILES string of the molecule is CCC[C]1CCCCCCC1. The molecule has 0 unspecified atom stereocenters. The quantitative estimate of drug-likeness (QED) is 0.560. The van der Waals surface area contributed by atoms with Crippen molar-refractivity contribution in [1.29, 1.82) is 0 Å². The Morgan fingerprint density at radius 3 is 2.00 bits per heavy atom. The molecular weight excluding hydrogens is 132 g/mol. The van der Waals surface area contributed by atoms with Crippen molar-refractivity contribution in [1.82, 2.24) is 0 Å². The summed E-state index contributed by atoms with van der Waals surface area (Å²) in [5, 5.41) is 0. The van der Waals surface area contributed by atoms with E-state index in [1.807, 2.05) is 5.92 Å². The Hall–Kier alpha value is 0. The molecule has 0 saturated heterocycles. The van der Waals surface area contributed by atoms with Gasteiger partial charge in [0, 0.05) is 0 Å². The molecule has 0 aromatic rings. The molecule has 0 amide bonds. The van der Waals surface area contributed by atoms with Gasteiger partial charge < -0.3 is 0 Å². The summed E-state index contributed by atoms with van der Waals surface area (Å²) in [5.74, 6) is 1.85. The second-order valence-electron chi connectivity index (χ2n) is 3.77. The Balaban J connectivity index is 2.15. The molecule has 0 aromatic carbocycles. The van der Waals surface area contributed by atoms with Crippen LogP contribution >= 0.6 is 0 Å². The molecule has 1 rings (SSSR count). The van der Waals surface area contributed by atoms with Crippen molar-refractivity contribution in [3.05, 3.63) is 5.92 Å². The van der Waals surface area contributed by atoms with Crippen molar-refractivity contribution in [3.63, 3.8) is 0 Å². The Kier molecular flexibility index (Phi) is 4.65. The predicted octanol–water partition coefficient (Wildman–Crippen LogP) is 4.11. The molecule has 1 aliphatic carbocycles. The highest BCUT2D eigenvalue weighted by atomic mass is 14.1. The largest absolute Gasteiger partial charge is 0.0654 e. The van der Waals surface area contributed by atoms with Gasteiger partial charge in [-0.1, -0.05) is 45.4 Å². The molecule has 0 aliphatic heterocycles. The summed E-state index contributed by atoms with van der Waals surface area (Å²) < 4.78 is 0. The van der Waals surface area contributed by atoms with Crippen LogP contribution in [0.5, 0.6) is 0 Å². The van der Waals surface area contributed by atoms with Crippen LogP contribution in [0.25, 0.3) is 0 Å². The van der Waals surface area contributed by atoms with Gasteiger partial charge in [-0.25, -0.2) is 0 Å². The Morgan fingerprint density at radius 2 is 1.45 bits per heavy atom. The van der Waals surface area contributed by atoms with Crippen LogP contribution in [0.15, 0.2) is 0 Å². The van der Waals surface area contributed by atoms with Gasteiger partial charge in [-0.05, 0) is 25.2 Å². The van der Waals surface area contributed by atoms with E-state index in [2.05, 4.69) is 6.92 Å². The van der Waals surface area contributed by atoms with Gasteiger partial charge in [0.15, 0.2) is 0 Å². The summed E-state index contributed by atoms with van der Waals surface area (Å²) in [5.41, 5.74) is 0. The highest BCUT2D eigenvalue weighted by Crippen LogP contribution is 2.27. The zero-order valence-electron chi connectivity index (χ0n) is 7.86. The van der Waals surface area contributed by atoms with Crippen LogP contribution < -0.4 is 0 Å². The van der Waals surface area contributed by atoms with Crippen molar-refractivity contribution in [2.75, 3.05) is 0 Å². The van der Waals surface area contributed by atoms with Crippen LogP contribution in [0.1, 0.15) is 64.7 Å². The Bertz CT molecular complexity index is 78.0. The molecule has 1 aliphatic rings. The zero-order valence-corrected chi connectivity index (χ0v) is 7.86. The first-order valence-electron chi connectivity index (χ1n) is 5.27. The molecule has 1 saturated carbocycles. The first-order valence-corrected chi connectivity index (χ1v) is 5.27. The minimum atomic E-state index is 1.36. The average molecular weight is 153 g/mol. The fourth-order valence-electron chi connectivity index (χ4n) is 2.01. The van der Waals surface area contributed by atoms with E-state index in [0.717, 1.165) is 0 Å². The van der Waals surface area contributed by atoms with E-state index in [1.165, 1.54) is 57.8 Å². The van der Waals surface area contributed by atoms with Gasteiger partial charge in [-0.3, -0.25) is 0 Å². The summed E-state index contributed by atoms with van der Waals surface area (Å²) >= 11 is 0. The first-order chi connectivity index (χ1) is 5.43. The third kappa shape index (κ3) is 3.79. The molecule has 0 bridgehead atoms. The third-order valence-electron chi connectivity index (χ3n) is 2.66. The van der Waals surface area contributed by atoms with Crippen LogP contribution in [0.3, 0.4) is 0 Å². The number of rotatable bonds is 2. The van der Waals surface area contributed by atoms with Crippen molar-refractivity contribution in [2.45, 2.75) is 64.7 Å². The summed E-state index contributed by atoms with van der Waals surface area (Å²) in [6.45, 7) is 2.30. The van der Waals surface area contributed by atoms with Gasteiger partial charge in [-0.2, -0.15) is 0 Å². The maximum atomic E-state index is 2.30. The summed E-state index contributed by atoms with van der Waals surface area (Å²) in [4.78, 5) is 0. The van der Waals surface area contributed by atoms with Crippen LogP contribution in [-0.4, -0.2) is 0 Å². The molecule has 1 radical (unpaired) electrons. The van der Waals surface area contributed by atoms with E-state index < -0.39 is 0 Å². The van der Waals surface area contributed by atoms with E-state index in [-0.39, 0.29) is 0 Å². The number of hydrogen-bond donors (Lipinski definition) is 0. The van der Waals surface area contributed by atoms with Gasteiger partial charge in [0.2, 0.25) is 0 Å². The van der Waals surface area contributed by atoms with Crippen molar-refractivity contribution < 1.29 is 0 Å². The average Bonchev–Trinajstić information content (AvgIpc) is 1.94. The summed E-state index contributed by atoms with van der Waals surface area (Å²) in [6, 6.07) is 0. The van der Waals surface area contributed by atoms with Crippen molar-refractivity contribution in [2.24, 2.45) is 0 Å². The van der Waals surface area contributed by atoms with Gasteiger partial charge in [0.25, 0.3) is 0 Å². The Morgan fingerprint density at radius 1 is 0.909 bits per heavy atom.